The van der Waals surface area contributed by atoms with Crippen molar-refractivity contribution < 1.29 is 4.79 Å². The van der Waals surface area contributed by atoms with Crippen molar-refractivity contribution in [3.05, 3.63) is 29.3 Å². The van der Waals surface area contributed by atoms with Crippen molar-refractivity contribution in [3.63, 3.8) is 0 Å². The summed E-state index contributed by atoms with van der Waals surface area (Å²) in [5.41, 5.74) is 2.90. The third-order valence-corrected chi connectivity index (χ3v) is 3.47. The third kappa shape index (κ3) is 3.57. The largest absolute Gasteiger partial charge is 0.388 e. The number of benzene rings is 1. The van der Waals surface area contributed by atoms with Crippen molar-refractivity contribution in [2.24, 2.45) is 0 Å². The first-order valence-electron chi connectivity index (χ1n) is 6.59. The molecule has 1 aromatic rings. The van der Waals surface area contributed by atoms with Crippen LogP contribution in [0.25, 0.3) is 0 Å². The maximum absolute atomic E-state index is 11.1. The molecule has 0 saturated carbocycles. The van der Waals surface area contributed by atoms with Crippen LogP contribution in [0, 0.1) is 0 Å². The number of aldehydes is 1. The molecular formula is C15H24N2O. The van der Waals surface area contributed by atoms with Gasteiger partial charge in [-0.1, -0.05) is 25.5 Å². The fourth-order valence-electron chi connectivity index (χ4n) is 2.17. The molecule has 0 spiro atoms. The highest BCUT2D eigenvalue weighted by Gasteiger charge is 2.13. The van der Waals surface area contributed by atoms with Gasteiger partial charge in [0.25, 0.3) is 0 Å². The van der Waals surface area contributed by atoms with Crippen LogP contribution in [0.15, 0.2) is 18.2 Å². The Labute approximate surface area is 110 Å². The maximum Gasteiger partial charge on any atom is 0.150 e. The van der Waals surface area contributed by atoms with Crippen molar-refractivity contribution in [3.8, 4) is 0 Å². The molecule has 0 heterocycles. The van der Waals surface area contributed by atoms with Crippen LogP contribution in [0.3, 0.4) is 0 Å². The number of nitrogens with one attached hydrogen (secondary N) is 1. The summed E-state index contributed by atoms with van der Waals surface area (Å²) in [7, 11) is 4.00. The van der Waals surface area contributed by atoms with E-state index >= 15 is 0 Å². The van der Waals surface area contributed by atoms with Gasteiger partial charge >= 0.3 is 0 Å². The summed E-state index contributed by atoms with van der Waals surface area (Å²) >= 11 is 0. The van der Waals surface area contributed by atoms with Crippen LogP contribution in [0.4, 0.5) is 5.69 Å². The van der Waals surface area contributed by atoms with Gasteiger partial charge in [-0.05, 0) is 32.0 Å². The van der Waals surface area contributed by atoms with Crippen LogP contribution in [0.5, 0.6) is 0 Å². The third-order valence-electron chi connectivity index (χ3n) is 3.47. The molecule has 1 rings (SSSR count). The standard InChI is InChI=1S/C15H24N2O/c1-5-7-12(2)17(4)10-14-13(11-18)8-6-9-15(14)16-3/h6,8-9,11-12,16H,5,7,10H2,1-4H3. The topological polar surface area (TPSA) is 32.3 Å². The summed E-state index contributed by atoms with van der Waals surface area (Å²) < 4.78 is 0. The van der Waals surface area contributed by atoms with Crippen LogP contribution in [-0.2, 0) is 6.54 Å². The molecule has 0 amide bonds. The molecule has 1 N–H and O–H groups in total. The van der Waals surface area contributed by atoms with Gasteiger partial charge in [-0.25, -0.2) is 0 Å². The molecule has 0 aliphatic heterocycles. The van der Waals surface area contributed by atoms with E-state index in [-0.39, 0.29) is 0 Å². The number of carbonyl (C=O) groups excluding carboxylic acids is 1. The highest BCUT2D eigenvalue weighted by Crippen LogP contribution is 2.21. The molecule has 0 aliphatic rings. The number of rotatable bonds is 7. The first-order valence-corrected chi connectivity index (χ1v) is 6.59. The summed E-state index contributed by atoms with van der Waals surface area (Å²) in [6.07, 6.45) is 3.29. The van der Waals surface area contributed by atoms with Gasteiger partial charge < -0.3 is 5.32 Å². The Kier molecular flexibility index (Phi) is 5.86. The number of anilines is 1. The van der Waals surface area contributed by atoms with Gasteiger partial charge in [-0.2, -0.15) is 0 Å². The van der Waals surface area contributed by atoms with Crippen molar-refractivity contribution in [1.82, 2.24) is 4.90 Å². The predicted octanol–water partition coefficient (Wildman–Crippen LogP) is 3.16. The zero-order chi connectivity index (χ0) is 13.5. The molecule has 0 saturated heterocycles. The molecule has 100 valence electrons. The van der Waals surface area contributed by atoms with Gasteiger partial charge in [0, 0.05) is 30.9 Å². The van der Waals surface area contributed by atoms with E-state index in [9.17, 15) is 4.79 Å². The van der Waals surface area contributed by atoms with E-state index in [0.717, 1.165) is 29.6 Å². The van der Waals surface area contributed by atoms with Crippen molar-refractivity contribution in [1.29, 1.82) is 0 Å². The van der Waals surface area contributed by atoms with Crippen LogP contribution in [0.1, 0.15) is 42.6 Å². The lowest BCUT2D eigenvalue weighted by molar-refractivity contribution is 0.112. The van der Waals surface area contributed by atoms with Gasteiger partial charge in [0.15, 0.2) is 0 Å². The summed E-state index contributed by atoms with van der Waals surface area (Å²) in [6, 6.07) is 6.33. The lowest BCUT2D eigenvalue weighted by Crippen LogP contribution is -2.29. The second-order valence-corrected chi connectivity index (χ2v) is 4.79. The highest BCUT2D eigenvalue weighted by molar-refractivity contribution is 5.80. The molecular weight excluding hydrogens is 224 g/mol. The minimum absolute atomic E-state index is 0.527. The monoisotopic (exact) mass is 248 g/mol. The lowest BCUT2D eigenvalue weighted by Gasteiger charge is -2.26. The fraction of sp³-hybridized carbons (Fsp3) is 0.533. The van der Waals surface area contributed by atoms with Crippen LogP contribution in [0.2, 0.25) is 0 Å². The molecule has 0 radical (unpaired) electrons. The molecule has 1 unspecified atom stereocenters. The number of hydrogen-bond donors (Lipinski definition) is 1. The van der Waals surface area contributed by atoms with Gasteiger partial charge in [-0.15, -0.1) is 0 Å². The number of hydrogen-bond acceptors (Lipinski definition) is 3. The van der Waals surface area contributed by atoms with Gasteiger partial charge in [0.05, 0.1) is 0 Å². The van der Waals surface area contributed by atoms with Gasteiger partial charge in [0.1, 0.15) is 6.29 Å². The minimum atomic E-state index is 0.527. The Hall–Kier alpha value is -1.35. The molecule has 1 aromatic carbocycles. The Balaban J connectivity index is 2.91. The molecule has 3 nitrogen and oxygen atoms in total. The Morgan fingerprint density at radius 1 is 1.44 bits per heavy atom. The van der Waals surface area contributed by atoms with Gasteiger partial charge in [-0.3, -0.25) is 9.69 Å². The SMILES string of the molecule is CCCC(C)N(C)Cc1c(C=O)cccc1NC. The predicted molar refractivity (Wildman–Crippen MR) is 77.2 cm³/mol. The zero-order valence-electron chi connectivity index (χ0n) is 11.9. The molecule has 0 aromatic heterocycles. The summed E-state index contributed by atoms with van der Waals surface area (Å²) in [6.45, 7) is 5.22. The summed E-state index contributed by atoms with van der Waals surface area (Å²) in [5.74, 6) is 0. The molecule has 0 fully saturated rings. The average molecular weight is 248 g/mol. The molecule has 18 heavy (non-hydrogen) atoms. The van der Waals surface area contributed by atoms with Crippen molar-refractivity contribution in [2.45, 2.75) is 39.3 Å². The number of nitrogens with zero attached hydrogens (tertiary/aromatic N) is 1. The average Bonchev–Trinajstić information content (AvgIpc) is 2.39. The molecule has 0 bridgehead atoms. The molecule has 1 atom stereocenters. The van der Waals surface area contributed by atoms with Crippen LogP contribution < -0.4 is 5.32 Å². The summed E-state index contributed by atoms with van der Waals surface area (Å²) in [5, 5.41) is 3.16. The second kappa shape index (κ2) is 7.17. The fourth-order valence-corrected chi connectivity index (χ4v) is 2.17. The Morgan fingerprint density at radius 2 is 2.17 bits per heavy atom. The first-order chi connectivity index (χ1) is 8.63. The smallest absolute Gasteiger partial charge is 0.150 e. The lowest BCUT2D eigenvalue weighted by atomic mass is 10.0. The van der Waals surface area contributed by atoms with E-state index in [2.05, 4.69) is 31.1 Å². The van der Waals surface area contributed by atoms with Crippen LogP contribution in [-0.4, -0.2) is 31.3 Å². The van der Waals surface area contributed by atoms with E-state index in [4.69, 9.17) is 0 Å². The summed E-state index contributed by atoms with van der Waals surface area (Å²) in [4.78, 5) is 13.4. The van der Waals surface area contributed by atoms with Gasteiger partial charge in [0.2, 0.25) is 0 Å². The maximum atomic E-state index is 11.1. The highest BCUT2D eigenvalue weighted by atomic mass is 16.1. The molecule has 0 aliphatic carbocycles. The Morgan fingerprint density at radius 3 is 2.72 bits per heavy atom. The zero-order valence-corrected chi connectivity index (χ0v) is 11.9. The molecule has 3 heteroatoms. The van der Waals surface area contributed by atoms with Crippen LogP contribution >= 0.6 is 0 Å². The van der Waals surface area contributed by atoms with E-state index in [0.29, 0.717) is 6.04 Å². The van der Waals surface area contributed by atoms with Crippen molar-refractivity contribution in [2.75, 3.05) is 19.4 Å². The van der Waals surface area contributed by atoms with E-state index in [1.807, 2.05) is 25.2 Å². The quantitative estimate of drug-likeness (QED) is 0.752. The van der Waals surface area contributed by atoms with E-state index < -0.39 is 0 Å². The Bertz CT molecular complexity index is 390. The second-order valence-electron chi connectivity index (χ2n) is 4.79. The first kappa shape index (κ1) is 14.7. The van der Waals surface area contributed by atoms with Crippen molar-refractivity contribution >= 4 is 12.0 Å². The minimum Gasteiger partial charge on any atom is -0.388 e. The van der Waals surface area contributed by atoms with E-state index in [1.165, 1.54) is 12.8 Å². The van der Waals surface area contributed by atoms with E-state index in [1.54, 1.807) is 0 Å². The number of carbonyl (C=O) groups is 1. The normalized spacial score (nSPS) is 12.5.